The molecule has 2 aliphatic rings. The predicted octanol–water partition coefficient (Wildman–Crippen LogP) is 8.87. The molecule has 3 rings (SSSR count). The van der Waals surface area contributed by atoms with Gasteiger partial charge in [0.15, 0.2) is 0 Å². The first-order chi connectivity index (χ1) is 13.8. The minimum absolute atomic E-state index is 0.838. The average Bonchev–Trinajstić information content (AvgIpc) is 2.75. The zero-order chi connectivity index (χ0) is 19.6. The van der Waals surface area contributed by atoms with Gasteiger partial charge >= 0.3 is 0 Å². The van der Waals surface area contributed by atoms with Crippen LogP contribution in [0.1, 0.15) is 95.1 Å². The molecule has 0 saturated heterocycles. The number of aryl methyl sites for hydroxylation is 2. The second-order valence-corrected chi connectivity index (χ2v) is 10.1. The fraction of sp³-hybridized carbons (Fsp3) is 0.704. The van der Waals surface area contributed by atoms with Crippen LogP contribution in [0.25, 0.3) is 0 Å². The zero-order valence-corrected chi connectivity index (χ0v) is 19.6. The van der Waals surface area contributed by atoms with E-state index in [4.69, 9.17) is 0 Å². The van der Waals surface area contributed by atoms with Crippen molar-refractivity contribution in [2.45, 2.75) is 96.8 Å². The number of halogens is 1. The summed E-state index contributed by atoms with van der Waals surface area (Å²) < 4.78 is 0. The van der Waals surface area contributed by atoms with Crippen molar-refractivity contribution in [1.82, 2.24) is 0 Å². The van der Waals surface area contributed by atoms with Gasteiger partial charge in [0, 0.05) is 0 Å². The summed E-state index contributed by atoms with van der Waals surface area (Å²) >= 11 is 3.45. The van der Waals surface area contributed by atoms with Crippen LogP contribution in [0, 0.1) is 23.7 Å². The van der Waals surface area contributed by atoms with Crippen molar-refractivity contribution in [2.24, 2.45) is 23.7 Å². The second-order valence-electron chi connectivity index (χ2n) is 9.59. The first kappa shape index (κ1) is 22.1. The second kappa shape index (κ2) is 12.2. The van der Waals surface area contributed by atoms with Gasteiger partial charge in [0.1, 0.15) is 0 Å². The third-order valence-electron chi connectivity index (χ3n) is 7.65. The van der Waals surface area contributed by atoms with Gasteiger partial charge in [0.2, 0.25) is 0 Å². The molecule has 2 fully saturated rings. The Bertz CT molecular complexity index is 556. The van der Waals surface area contributed by atoms with Gasteiger partial charge in [-0.25, -0.2) is 0 Å². The summed E-state index contributed by atoms with van der Waals surface area (Å²) in [5.74, 6) is 3.88. The molecule has 0 bridgehead atoms. The topological polar surface area (TPSA) is 0 Å². The molecule has 0 heterocycles. The number of rotatable bonds is 9. The molecule has 1 aromatic rings. The molecular weight excluding hydrogens is 404 g/mol. The summed E-state index contributed by atoms with van der Waals surface area (Å²) in [6.45, 7) is 2.28. The molecule has 1 heteroatoms. The summed E-state index contributed by atoms with van der Waals surface area (Å²) in [5.41, 5.74) is 3.08. The third kappa shape index (κ3) is 7.05. The lowest BCUT2D eigenvalue weighted by atomic mass is 9.68. The van der Waals surface area contributed by atoms with Crippen LogP contribution in [0.4, 0.5) is 0 Å². The summed E-state index contributed by atoms with van der Waals surface area (Å²) in [5, 5.41) is 0. The van der Waals surface area contributed by atoms with Crippen LogP contribution in [-0.2, 0) is 12.8 Å². The number of unbranched alkanes of at least 4 members (excludes halogenated alkanes) is 2. The highest BCUT2D eigenvalue weighted by Gasteiger charge is 2.30. The Hall–Kier alpha value is -0.560. The predicted molar refractivity (Wildman–Crippen MR) is 127 cm³/mol. The van der Waals surface area contributed by atoms with Gasteiger partial charge in [0.25, 0.3) is 0 Å². The maximum atomic E-state index is 3.45. The van der Waals surface area contributed by atoms with Gasteiger partial charge < -0.3 is 0 Å². The van der Waals surface area contributed by atoms with Crippen LogP contribution in [0.3, 0.4) is 0 Å². The number of benzene rings is 1. The molecule has 0 unspecified atom stereocenters. The molecule has 0 N–H and O–H groups in total. The lowest BCUT2D eigenvalue weighted by Gasteiger charge is -2.37. The van der Waals surface area contributed by atoms with Crippen LogP contribution < -0.4 is 0 Å². The lowest BCUT2D eigenvalue weighted by molar-refractivity contribution is 0.153. The van der Waals surface area contributed by atoms with E-state index in [0.29, 0.717) is 0 Å². The molecule has 0 aliphatic heterocycles. The van der Waals surface area contributed by atoms with E-state index in [-0.39, 0.29) is 0 Å². The zero-order valence-electron chi connectivity index (χ0n) is 18.1. The Balaban J connectivity index is 1.33. The van der Waals surface area contributed by atoms with E-state index in [1.165, 1.54) is 95.5 Å². The maximum absolute atomic E-state index is 3.45. The molecular formula is C27H41Br. The molecule has 2 aliphatic carbocycles. The molecule has 156 valence electrons. The van der Waals surface area contributed by atoms with E-state index in [2.05, 4.69) is 58.2 Å². The maximum Gasteiger partial charge on any atom is -0.0225 e. The van der Waals surface area contributed by atoms with Gasteiger partial charge in [-0.15, -0.1) is 0 Å². The van der Waals surface area contributed by atoms with Crippen molar-refractivity contribution >= 4 is 15.9 Å². The van der Waals surface area contributed by atoms with Gasteiger partial charge in [0.05, 0.1) is 0 Å². The van der Waals surface area contributed by atoms with Crippen LogP contribution in [0.15, 0.2) is 35.3 Å². The standard InChI is InChI=1S/C27H41Br/c1-2-3-4-5-22-6-8-23(9-7-22)10-11-24-12-16-26(17-13-24)27-18-14-25(15-19-27)20-21-28/h6-9,20-21,24-27H,2-5,10-19H2,1H3/b21-20+. The van der Waals surface area contributed by atoms with E-state index in [0.717, 1.165) is 23.7 Å². The largest absolute Gasteiger partial charge is 0.0745 e. The van der Waals surface area contributed by atoms with Crippen LogP contribution >= 0.6 is 15.9 Å². The van der Waals surface area contributed by atoms with Crippen molar-refractivity contribution in [2.75, 3.05) is 0 Å². The molecule has 0 atom stereocenters. The van der Waals surface area contributed by atoms with Crippen molar-refractivity contribution in [3.05, 3.63) is 46.5 Å². The average molecular weight is 446 g/mol. The molecule has 1 aromatic carbocycles. The molecule has 0 radical (unpaired) electrons. The Morgan fingerprint density at radius 1 is 0.786 bits per heavy atom. The first-order valence-corrected chi connectivity index (χ1v) is 13.0. The summed E-state index contributed by atoms with van der Waals surface area (Å²) in [6.07, 6.45) is 22.1. The Morgan fingerprint density at radius 2 is 1.36 bits per heavy atom. The fourth-order valence-corrected chi connectivity index (χ4v) is 6.11. The SMILES string of the molecule is CCCCCc1ccc(CCC2CCC(C3CCC(/C=C/Br)CC3)CC2)cc1. The van der Waals surface area contributed by atoms with Gasteiger partial charge in [-0.05, 0) is 104 Å². The van der Waals surface area contributed by atoms with Gasteiger partial charge in [-0.2, -0.15) is 0 Å². The van der Waals surface area contributed by atoms with Crippen molar-refractivity contribution in [3.8, 4) is 0 Å². The van der Waals surface area contributed by atoms with E-state index in [1.54, 1.807) is 5.56 Å². The Morgan fingerprint density at radius 3 is 1.93 bits per heavy atom. The lowest BCUT2D eigenvalue weighted by Crippen LogP contribution is -2.25. The van der Waals surface area contributed by atoms with Gasteiger partial charge in [-0.1, -0.05) is 78.9 Å². The van der Waals surface area contributed by atoms with Crippen LogP contribution in [-0.4, -0.2) is 0 Å². The molecule has 28 heavy (non-hydrogen) atoms. The van der Waals surface area contributed by atoms with E-state index < -0.39 is 0 Å². The minimum Gasteiger partial charge on any atom is -0.0745 e. The summed E-state index contributed by atoms with van der Waals surface area (Å²) in [4.78, 5) is 2.07. The number of hydrogen-bond acceptors (Lipinski definition) is 0. The smallest absolute Gasteiger partial charge is 0.0225 e. The van der Waals surface area contributed by atoms with Gasteiger partial charge in [-0.3, -0.25) is 0 Å². The van der Waals surface area contributed by atoms with Crippen LogP contribution in [0.2, 0.25) is 0 Å². The number of hydrogen-bond donors (Lipinski definition) is 0. The normalized spacial score (nSPS) is 28.6. The molecule has 0 nitrogen and oxygen atoms in total. The third-order valence-corrected chi connectivity index (χ3v) is 7.96. The van der Waals surface area contributed by atoms with Crippen molar-refractivity contribution in [3.63, 3.8) is 0 Å². The highest BCUT2D eigenvalue weighted by molar-refractivity contribution is 9.11. The monoisotopic (exact) mass is 444 g/mol. The van der Waals surface area contributed by atoms with Crippen molar-refractivity contribution in [1.29, 1.82) is 0 Å². The fourth-order valence-electron chi connectivity index (χ4n) is 5.68. The summed E-state index contributed by atoms with van der Waals surface area (Å²) in [7, 11) is 0. The van der Waals surface area contributed by atoms with Crippen LogP contribution in [0.5, 0.6) is 0 Å². The molecule has 0 amide bonds. The van der Waals surface area contributed by atoms with E-state index in [9.17, 15) is 0 Å². The van der Waals surface area contributed by atoms with E-state index >= 15 is 0 Å². The van der Waals surface area contributed by atoms with Crippen molar-refractivity contribution < 1.29 is 0 Å². The Labute approximate surface area is 182 Å². The molecule has 0 spiro atoms. The number of allylic oxidation sites excluding steroid dienone is 1. The molecule has 2 saturated carbocycles. The first-order valence-electron chi connectivity index (χ1n) is 12.1. The highest BCUT2D eigenvalue weighted by Crippen LogP contribution is 2.42. The quantitative estimate of drug-likeness (QED) is 0.333. The molecule has 0 aromatic heterocycles. The minimum atomic E-state index is 0.838. The summed E-state index contributed by atoms with van der Waals surface area (Å²) in [6, 6.07) is 9.55. The van der Waals surface area contributed by atoms with E-state index in [1.807, 2.05) is 0 Å². The highest BCUT2D eigenvalue weighted by atomic mass is 79.9. The Kier molecular flexibility index (Phi) is 9.65.